The number of esters is 3. The van der Waals surface area contributed by atoms with Crippen molar-refractivity contribution in [3.8, 4) is 5.75 Å². The first-order valence-electron chi connectivity index (χ1n) is 14.7. The summed E-state index contributed by atoms with van der Waals surface area (Å²) in [6, 6.07) is 12.6. The molecule has 3 heterocycles. The largest absolute Gasteiger partial charge is 0.481 e. The average Bonchev–Trinajstić information content (AvgIpc) is 3.45. The molecule has 226 valence electrons. The Morgan fingerprint density at radius 3 is 2.65 bits per heavy atom. The van der Waals surface area contributed by atoms with Gasteiger partial charge in [0.15, 0.2) is 12.2 Å². The van der Waals surface area contributed by atoms with Gasteiger partial charge in [0.1, 0.15) is 11.5 Å². The summed E-state index contributed by atoms with van der Waals surface area (Å²) in [4.78, 5) is 41.3. The number of ether oxygens (including phenoxy) is 5. The summed E-state index contributed by atoms with van der Waals surface area (Å²) in [6.45, 7) is 5.89. The second-order valence-electron chi connectivity index (χ2n) is 12.7. The number of piperidine rings is 1. The summed E-state index contributed by atoms with van der Waals surface area (Å²) in [5.74, 6) is -2.41. The predicted octanol–water partition coefficient (Wildman–Crippen LogP) is 3.17. The van der Waals surface area contributed by atoms with E-state index in [1.807, 2.05) is 20.0 Å². The van der Waals surface area contributed by atoms with Crippen LogP contribution in [0.15, 0.2) is 54.3 Å². The monoisotopic (exact) mass is 589 g/mol. The minimum atomic E-state index is -1.41. The molecule has 43 heavy (non-hydrogen) atoms. The van der Waals surface area contributed by atoms with Gasteiger partial charge in [-0.05, 0) is 50.6 Å². The molecular formula is C33H35NO9. The van der Waals surface area contributed by atoms with Gasteiger partial charge in [-0.1, -0.05) is 42.5 Å². The molecule has 10 heteroatoms. The number of aliphatic hydroxyl groups is 1. The van der Waals surface area contributed by atoms with Gasteiger partial charge in [0.05, 0.1) is 17.4 Å². The van der Waals surface area contributed by atoms with E-state index in [1.165, 1.54) is 0 Å². The number of rotatable bonds is 6. The third-order valence-corrected chi connectivity index (χ3v) is 9.74. The first-order valence-corrected chi connectivity index (χ1v) is 14.7. The van der Waals surface area contributed by atoms with Gasteiger partial charge >= 0.3 is 17.9 Å². The Hall–Kier alpha value is -3.73. The SMILES string of the molecule is Cc1ccc2c3c1O[C@H]1C(OC(=O)[C@@H](OC(=O)C[C@@H]4OC(C)(C)OC4=O)c4ccccc4)=CC[C@@]4(O)[C@@H](C2)N(C)CC[C@]314. The molecular weight excluding hydrogens is 554 g/mol. The van der Waals surface area contributed by atoms with E-state index >= 15 is 0 Å². The highest BCUT2D eigenvalue weighted by atomic mass is 16.8. The zero-order chi connectivity index (χ0) is 30.3. The van der Waals surface area contributed by atoms with Crippen molar-refractivity contribution >= 4 is 17.9 Å². The molecule has 2 bridgehead atoms. The molecule has 1 N–H and O–H groups in total. The van der Waals surface area contributed by atoms with Crippen LogP contribution in [0.4, 0.5) is 0 Å². The highest BCUT2D eigenvalue weighted by Crippen LogP contribution is 2.64. The fraction of sp³-hybridized carbons (Fsp3) is 0.485. The van der Waals surface area contributed by atoms with Crippen molar-refractivity contribution < 1.29 is 43.2 Å². The zero-order valence-corrected chi connectivity index (χ0v) is 24.6. The lowest BCUT2D eigenvalue weighted by Crippen LogP contribution is -2.74. The van der Waals surface area contributed by atoms with Gasteiger partial charge in [-0.3, -0.25) is 4.79 Å². The normalized spacial score (nSPS) is 32.2. The molecule has 6 atom stereocenters. The van der Waals surface area contributed by atoms with Crippen molar-refractivity contribution in [1.29, 1.82) is 0 Å². The Balaban J connectivity index is 1.19. The van der Waals surface area contributed by atoms with Gasteiger partial charge in [-0.2, -0.15) is 0 Å². The van der Waals surface area contributed by atoms with Crippen molar-refractivity contribution in [2.24, 2.45) is 0 Å². The van der Waals surface area contributed by atoms with E-state index < -0.39 is 59.4 Å². The second kappa shape index (κ2) is 9.64. The molecule has 1 spiro atoms. The maximum absolute atomic E-state index is 13.9. The highest BCUT2D eigenvalue weighted by Gasteiger charge is 2.71. The Morgan fingerprint density at radius 2 is 1.93 bits per heavy atom. The number of cyclic esters (lactones) is 1. The molecule has 0 unspecified atom stereocenters. The first-order chi connectivity index (χ1) is 20.4. The Morgan fingerprint density at radius 1 is 1.16 bits per heavy atom. The van der Waals surface area contributed by atoms with Crippen LogP contribution in [0.1, 0.15) is 61.5 Å². The molecule has 3 aliphatic heterocycles. The van der Waals surface area contributed by atoms with E-state index in [4.69, 9.17) is 23.7 Å². The number of hydrogen-bond donors (Lipinski definition) is 1. The van der Waals surface area contributed by atoms with Crippen molar-refractivity contribution in [3.63, 3.8) is 0 Å². The van der Waals surface area contributed by atoms with Gasteiger partial charge in [-0.25, -0.2) is 9.59 Å². The van der Waals surface area contributed by atoms with Crippen molar-refractivity contribution in [1.82, 2.24) is 4.90 Å². The number of benzene rings is 2. The van der Waals surface area contributed by atoms with Crippen LogP contribution in [0.2, 0.25) is 0 Å². The standard InChI is InChI=1S/C33H35NO9/c1-18-10-11-20-16-23-33(38)13-12-21(28-32(33,14-15-34(23)4)25(20)26(18)41-28)39-30(37)27(19-8-6-5-7-9-19)40-24(35)17-22-29(36)43-31(2,3)42-22/h5-12,22-23,27-28,38H,13-17H2,1-4H3/t22-,23+,27-,28-,32-,33+/m0/s1. The number of aryl methyl sites for hydroxylation is 1. The van der Waals surface area contributed by atoms with Crippen LogP contribution in [0, 0.1) is 6.92 Å². The minimum Gasteiger partial charge on any atom is -0.481 e. The number of carbonyl (C=O) groups excluding carboxylic acids is 3. The summed E-state index contributed by atoms with van der Waals surface area (Å²) in [5.41, 5.74) is 1.64. The minimum absolute atomic E-state index is 0.116. The number of likely N-dealkylation sites (tertiary alicyclic amines) is 1. The number of hydrogen-bond acceptors (Lipinski definition) is 10. The summed E-state index contributed by atoms with van der Waals surface area (Å²) < 4.78 is 29.0. The van der Waals surface area contributed by atoms with Crippen LogP contribution >= 0.6 is 0 Å². The maximum atomic E-state index is 13.9. The fourth-order valence-electron chi connectivity index (χ4n) is 7.81. The average molecular weight is 590 g/mol. The number of carbonyl (C=O) groups is 3. The fourth-order valence-corrected chi connectivity index (χ4v) is 7.81. The van der Waals surface area contributed by atoms with Gasteiger partial charge in [0.2, 0.25) is 11.9 Å². The van der Waals surface area contributed by atoms with Crippen molar-refractivity contribution in [3.05, 3.63) is 76.6 Å². The van der Waals surface area contributed by atoms with Gasteiger partial charge < -0.3 is 33.7 Å². The third-order valence-electron chi connectivity index (χ3n) is 9.74. The Labute approximate surface area is 249 Å². The number of likely N-dealkylation sites (N-methyl/N-ethyl adjacent to an activating group) is 1. The molecule has 0 radical (unpaired) electrons. The number of nitrogens with zero attached hydrogens (tertiary/aromatic N) is 1. The first kappa shape index (κ1) is 28.1. The smallest absolute Gasteiger partial charge is 0.357 e. The summed E-state index contributed by atoms with van der Waals surface area (Å²) in [6.07, 6.45) is -0.330. The summed E-state index contributed by atoms with van der Waals surface area (Å²) in [5, 5.41) is 12.4. The van der Waals surface area contributed by atoms with Crippen molar-refractivity contribution in [2.75, 3.05) is 13.6 Å². The zero-order valence-electron chi connectivity index (χ0n) is 24.6. The van der Waals surface area contributed by atoms with Crippen LogP contribution in [0.25, 0.3) is 0 Å². The molecule has 10 nitrogen and oxygen atoms in total. The predicted molar refractivity (Wildman–Crippen MR) is 151 cm³/mol. The molecule has 2 saturated heterocycles. The molecule has 2 fully saturated rings. The van der Waals surface area contributed by atoms with Crippen molar-refractivity contribution in [2.45, 2.75) is 87.6 Å². The van der Waals surface area contributed by atoms with Crippen LogP contribution in [-0.2, 0) is 45.2 Å². The Kier molecular flexibility index (Phi) is 6.29. The quantitative estimate of drug-likeness (QED) is 0.397. The van der Waals surface area contributed by atoms with E-state index in [1.54, 1.807) is 50.3 Å². The van der Waals surface area contributed by atoms with Gasteiger partial charge in [-0.15, -0.1) is 0 Å². The van der Waals surface area contributed by atoms with Gasteiger partial charge in [0, 0.05) is 37.4 Å². The molecule has 7 rings (SSSR count). The van der Waals surface area contributed by atoms with E-state index in [-0.39, 0.29) is 12.5 Å². The highest BCUT2D eigenvalue weighted by molar-refractivity contribution is 5.85. The summed E-state index contributed by atoms with van der Waals surface area (Å²) >= 11 is 0. The van der Waals surface area contributed by atoms with E-state index in [2.05, 4.69) is 11.0 Å². The molecule has 0 saturated carbocycles. The molecule has 2 aliphatic carbocycles. The molecule has 5 aliphatic rings. The van der Waals surface area contributed by atoms with Crippen LogP contribution in [-0.4, -0.2) is 71.1 Å². The van der Waals surface area contributed by atoms with Gasteiger partial charge in [0.25, 0.3) is 0 Å². The molecule has 2 aromatic carbocycles. The van der Waals surface area contributed by atoms with Crippen LogP contribution in [0.3, 0.4) is 0 Å². The Bertz CT molecular complexity index is 1550. The van der Waals surface area contributed by atoms with E-state index in [0.29, 0.717) is 24.2 Å². The second-order valence-corrected chi connectivity index (χ2v) is 12.7. The van der Waals surface area contributed by atoms with Crippen LogP contribution < -0.4 is 4.74 Å². The topological polar surface area (TPSA) is 121 Å². The molecule has 0 aromatic heterocycles. The van der Waals surface area contributed by atoms with E-state index in [9.17, 15) is 19.5 Å². The lowest BCUT2D eigenvalue weighted by atomic mass is 9.50. The third kappa shape index (κ3) is 4.14. The summed E-state index contributed by atoms with van der Waals surface area (Å²) in [7, 11) is 2.04. The molecule has 2 aromatic rings. The maximum Gasteiger partial charge on any atom is 0.357 e. The lowest BCUT2D eigenvalue weighted by Gasteiger charge is -2.61. The van der Waals surface area contributed by atoms with E-state index in [0.717, 1.165) is 29.0 Å². The lowest BCUT2D eigenvalue weighted by molar-refractivity contribution is -0.178. The molecule has 0 amide bonds. The van der Waals surface area contributed by atoms with Crippen LogP contribution in [0.5, 0.6) is 5.75 Å².